The molecule has 0 saturated carbocycles. The topological polar surface area (TPSA) is 73.8 Å². The summed E-state index contributed by atoms with van der Waals surface area (Å²) in [5, 5.41) is 8.47. The van der Waals surface area contributed by atoms with Gasteiger partial charge in [0.15, 0.2) is 15.8 Å². The first-order valence-corrected chi connectivity index (χ1v) is 11.8. The SMILES string of the molecule is CCNC(=NCC(c1cccs1)N1CCCC1)NCCS(=O)(=O)CC. The molecule has 6 nitrogen and oxygen atoms in total. The molecule has 0 spiro atoms. The molecule has 0 aromatic carbocycles. The van der Waals surface area contributed by atoms with Gasteiger partial charge in [-0.1, -0.05) is 13.0 Å². The molecule has 2 N–H and O–H groups in total. The number of nitrogens with one attached hydrogen (secondary N) is 2. The number of thiophene rings is 1. The maximum absolute atomic E-state index is 11.6. The molecule has 0 aliphatic carbocycles. The number of sulfone groups is 1. The highest BCUT2D eigenvalue weighted by Gasteiger charge is 2.24. The number of aliphatic imine (C=N–C) groups is 1. The van der Waals surface area contributed by atoms with Gasteiger partial charge in [0, 0.05) is 23.7 Å². The van der Waals surface area contributed by atoms with Gasteiger partial charge in [-0.25, -0.2) is 8.42 Å². The van der Waals surface area contributed by atoms with E-state index >= 15 is 0 Å². The van der Waals surface area contributed by atoms with Crippen molar-refractivity contribution in [3.63, 3.8) is 0 Å². The summed E-state index contributed by atoms with van der Waals surface area (Å²) in [6.45, 7) is 7.74. The van der Waals surface area contributed by atoms with Gasteiger partial charge in [0.2, 0.25) is 0 Å². The van der Waals surface area contributed by atoms with Crippen LogP contribution in [-0.4, -0.2) is 63.5 Å². The zero-order valence-electron chi connectivity index (χ0n) is 15.2. The molecule has 1 fully saturated rings. The fraction of sp³-hybridized carbons (Fsp3) is 0.706. The number of guanidine groups is 1. The maximum Gasteiger partial charge on any atom is 0.191 e. The number of hydrogen-bond donors (Lipinski definition) is 2. The van der Waals surface area contributed by atoms with Gasteiger partial charge in [0.05, 0.1) is 18.3 Å². The quantitative estimate of drug-likeness (QED) is 0.501. The molecule has 1 aliphatic rings. The van der Waals surface area contributed by atoms with Gasteiger partial charge >= 0.3 is 0 Å². The second-order valence-electron chi connectivity index (χ2n) is 6.16. The van der Waals surface area contributed by atoms with E-state index in [4.69, 9.17) is 4.99 Å². The molecule has 142 valence electrons. The lowest BCUT2D eigenvalue weighted by molar-refractivity contribution is 0.255. The summed E-state index contributed by atoms with van der Waals surface area (Å²) in [7, 11) is -2.96. The second-order valence-corrected chi connectivity index (χ2v) is 9.61. The second kappa shape index (κ2) is 10.1. The minimum atomic E-state index is -2.96. The number of likely N-dealkylation sites (tertiary alicyclic amines) is 1. The Balaban J connectivity index is 1.99. The molecule has 1 aromatic rings. The summed E-state index contributed by atoms with van der Waals surface area (Å²) in [6.07, 6.45) is 2.50. The molecule has 2 heterocycles. The van der Waals surface area contributed by atoms with Crippen LogP contribution in [0.2, 0.25) is 0 Å². The molecule has 0 amide bonds. The fourth-order valence-electron chi connectivity index (χ4n) is 2.91. The van der Waals surface area contributed by atoms with Gasteiger partial charge in [-0.2, -0.15) is 0 Å². The summed E-state index contributed by atoms with van der Waals surface area (Å²) in [5.74, 6) is 1.00. The van der Waals surface area contributed by atoms with Crippen LogP contribution in [0.1, 0.15) is 37.6 Å². The fourth-order valence-corrected chi connectivity index (χ4v) is 4.46. The van der Waals surface area contributed by atoms with Gasteiger partial charge in [-0.15, -0.1) is 11.3 Å². The Kier molecular flexibility index (Phi) is 8.18. The van der Waals surface area contributed by atoms with Crippen molar-refractivity contribution in [3.05, 3.63) is 22.4 Å². The lowest BCUT2D eigenvalue weighted by Crippen LogP contribution is -2.40. The van der Waals surface area contributed by atoms with Crippen LogP contribution in [0.25, 0.3) is 0 Å². The molecule has 8 heteroatoms. The molecule has 1 atom stereocenters. The normalized spacial score (nSPS) is 17.6. The number of hydrogen-bond acceptors (Lipinski definition) is 5. The van der Waals surface area contributed by atoms with E-state index in [1.165, 1.54) is 17.7 Å². The van der Waals surface area contributed by atoms with Crippen molar-refractivity contribution < 1.29 is 8.42 Å². The Labute approximate surface area is 155 Å². The van der Waals surface area contributed by atoms with Crippen molar-refractivity contribution in [3.8, 4) is 0 Å². The smallest absolute Gasteiger partial charge is 0.191 e. The third kappa shape index (κ3) is 6.60. The lowest BCUT2D eigenvalue weighted by Gasteiger charge is -2.25. The van der Waals surface area contributed by atoms with E-state index in [1.807, 2.05) is 6.92 Å². The zero-order valence-corrected chi connectivity index (χ0v) is 16.8. The van der Waals surface area contributed by atoms with E-state index in [2.05, 4.69) is 33.0 Å². The van der Waals surface area contributed by atoms with E-state index in [9.17, 15) is 8.42 Å². The highest BCUT2D eigenvalue weighted by molar-refractivity contribution is 7.91. The van der Waals surface area contributed by atoms with Gasteiger partial charge in [-0.05, 0) is 44.3 Å². The first-order valence-electron chi connectivity index (χ1n) is 9.05. The lowest BCUT2D eigenvalue weighted by atomic mass is 10.2. The van der Waals surface area contributed by atoms with E-state index in [0.717, 1.165) is 19.6 Å². The molecular formula is C17H30N4O2S2. The average molecular weight is 387 g/mol. The van der Waals surface area contributed by atoms with Gasteiger partial charge in [0.25, 0.3) is 0 Å². The van der Waals surface area contributed by atoms with Crippen LogP contribution in [0.3, 0.4) is 0 Å². The molecule has 1 aromatic heterocycles. The average Bonchev–Trinajstić information content (AvgIpc) is 3.29. The summed E-state index contributed by atoms with van der Waals surface area (Å²) >= 11 is 1.78. The van der Waals surface area contributed by atoms with Gasteiger partial charge in [-0.3, -0.25) is 9.89 Å². The molecule has 1 unspecified atom stereocenters. The minimum absolute atomic E-state index is 0.133. The predicted octanol–water partition coefficient (Wildman–Crippen LogP) is 1.87. The van der Waals surface area contributed by atoms with Crippen LogP contribution in [0, 0.1) is 0 Å². The first-order chi connectivity index (χ1) is 12.1. The van der Waals surface area contributed by atoms with Crippen LogP contribution in [0.4, 0.5) is 0 Å². The van der Waals surface area contributed by atoms with Crippen LogP contribution in [0.15, 0.2) is 22.5 Å². The molecule has 25 heavy (non-hydrogen) atoms. The van der Waals surface area contributed by atoms with Crippen LogP contribution in [0.5, 0.6) is 0 Å². The van der Waals surface area contributed by atoms with E-state index in [-0.39, 0.29) is 11.5 Å². The number of rotatable bonds is 9. The summed E-state index contributed by atoms with van der Waals surface area (Å²) in [5.41, 5.74) is 0. The molecule has 1 saturated heterocycles. The van der Waals surface area contributed by atoms with Crippen LogP contribution >= 0.6 is 11.3 Å². The Morgan fingerprint density at radius 2 is 2.08 bits per heavy atom. The highest BCUT2D eigenvalue weighted by Crippen LogP contribution is 2.28. The van der Waals surface area contributed by atoms with Gasteiger partial charge < -0.3 is 10.6 Å². The molecular weight excluding hydrogens is 356 g/mol. The Bertz CT molecular complexity index is 623. The Morgan fingerprint density at radius 1 is 1.32 bits per heavy atom. The van der Waals surface area contributed by atoms with E-state index < -0.39 is 9.84 Å². The highest BCUT2D eigenvalue weighted by atomic mass is 32.2. The first kappa shape index (κ1) is 20.2. The predicted molar refractivity (Wildman–Crippen MR) is 106 cm³/mol. The van der Waals surface area contributed by atoms with Crippen molar-refractivity contribution in [2.24, 2.45) is 4.99 Å². The van der Waals surface area contributed by atoms with Crippen molar-refractivity contribution in [2.75, 3.05) is 44.2 Å². The van der Waals surface area contributed by atoms with Crippen LogP contribution < -0.4 is 10.6 Å². The maximum atomic E-state index is 11.6. The zero-order chi connectivity index (χ0) is 18.1. The van der Waals surface area contributed by atoms with Gasteiger partial charge in [0.1, 0.15) is 0 Å². The van der Waals surface area contributed by atoms with E-state index in [1.54, 1.807) is 18.3 Å². The van der Waals surface area contributed by atoms with Crippen molar-refractivity contribution >= 4 is 27.1 Å². The summed E-state index contributed by atoms with van der Waals surface area (Å²) < 4.78 is 23.3. The molecule has 0 radical (unpaired) electrons. The van der Waals surface area contributed by atoms with Crippen LogP contribution in [-0.2, 0) is 9.84 Å². The van der Waals surface area contributed by atoms with Crippen molar-refractivity contribution in [1.29, 1.82) is 0 Å². The van der Waals surface area contributed by atoms with Crippen molar-refractivity contribution in [1.82, 2.24) is 15.5 Å². The standard InChI is InChI=1S/C17H30N4O2S2/c1-3-18-17(19-9-13-25(22,23)4-2)20-14-15(16-8-7-12-24-16)21-10-5-6-11-21/h7-8,12,15H,3-6,9-11,13-14H2,1-2H3,(H2,18,19,20). The third-order valence-electron chi connectivity index (χ3n) is 4.36. The Hall–Kier alpha value is -1.12. The monoisotopic (exact) mass is 386 g/mol. The third-order valence-corrected chi connectivity index (χ3v) is 7.04. The van der Waals surface area contributed by atoms with E-state index in [0.29, 0.717) is 25.1 Å². The molecule has 0 bridgehead atoms. The minimum Gasteiger partial charge on any atom is -0.357 e. The van der Waals surface area contributed by atoms with Crippen molar-refractivity contribution in [2.45, 2.75) is 32.7 Å². The largest absolute Gasteiger partial charge is 0.357 e. The molecule has 1 aliphatic heterocycles. The summed E-state index contributed by atoms with van der Waals surface area (Å²) in [6, 6.07) is 4.57. The molecule has 2 rings (SSSR count). The summed E-state index contributed by atoms with van der Waals surface area (Å²) in [4.78, 5) is 8.57. The Morgan fingerprint density at radius 3 is 2.68 bits per heavy atom. The number of nitrogens with zero attached hydrogens (tertiary/aromatic N) is 2.